The number of halogens is 4. The Kier molecular flexibility index (Phi) is 5.76. The van der Waals surface area contributed by atoms with Gasteiger partial charge in [-0.2, -0.15) is 13.1 Å². The monoisotopic (exact) mass is 423 g/mol. The molecule has 1 aromatic carbocycles. The third-order valence-electron chi connectivity index (χ3n) is 6.05. The number of hydrogen-bond donors (Lipinski definition) is 0. The summed E-state index contributed by atoms with van der Waals surface area (Å²) in [6.07, 6.45) is 6.70. The van der Waals surface area contributed by atoms with Crippen molar-refractivity contribution in [2.24, 2.45) is 17.8 Å². The summed E-state index contributed by atoms with van der Waals surface area (Å²) < 4.78 is 70.6. The van der Waals surface area contributed by atoms with Crippen molar-refractivity contribution in [1.29, 1.82) is 0 Å². The molecule has 10 heteroatoms. The summed E-state index contributed by atoms with van der Waals surface area (Å²) in [5.74, 6) is -6.05. The maximum atomic E-state index is 14.0. The Hall–Kier alpha value is -1.07. The third-order valence-corrected chi connectivity index (χ3v) is 6.70. The van der Waals surface area contributed by atoms with Crippen LogP contribution in [0.1, 0.15) is 38.5 Å². The van der Waals surface area contributed by atoms with E-state index in [0.29, 0.717) is 17.8 Å². The third kappa shape index (κ3) is 3.72. The average molecular weight is 423 g/mol. The van der Waals surface area contributed by atoms with E-state index in [-0.39, 0.29) is 30.9 Å². The van der Waals surface area contributed by atoms with Crippen LogP contribution in [0.3, 0.4) is 0 Å². The Bertz CT molecular complexity index is 683. The van der Waals surface area contributed by atoms with Crippen LogP contribution >= 0.6 is 12.0 Å². The first-order valence-corrected chi connectivity index (χ1v) is 9.92. The van der Waals surface area contributed by atoms with E-state index in [2.05, 4.69) is 9.37 Å². The topological polar surface area (TPSA) is 60.0 Å². The lowest BCUT2D eigenvalue weighted by Crippen LogP contribution is -2.52. The number of ether oxygens (including phenoxy) is 2. The molecular weight excluding hydrogens is 404 g/mol. The van der Waals surface area contributed by atoms with Crippen molar-refractivity contribution >= 4 is 12.0 Å². The average Bonchev–Trinajstić information content (AvgIpc) is 2.65. The molecule has 5 nitrogen and oxygen atoms in total. The minimum atomic E-state index is -1.74. The van der Waals surface area contributed by atoms with Crippen molar-refractivity contribution in [2.75, 3.05) is 13.2 Å². The second-order valence-electron chi connectivity index (χ2n) is 7.93. The summed E-state index contributed by atoms with van der Waals surface area (Å²) in [6, 6.07) is 0. The molecule has 4 bridgehead atoms. The smallest absolute Gasteiger partial charge is 0.205 e. The summed E-state index contributed by atoms with van der Waals surface area (Å²) in [6.45, 7) is -0.182. The lowest BCUT2D eigenvalue weighted by Gasteiger charge is -2.56. The fraction of sp³-hybridized carbons (Fsp3) is 0.667. The summed E-state index contributed by atoms with van der Waals surface area (Å²) in [4.78, 5) is -1.18. The van der Waals surface area contributed by atoms with E-state index in [1.807, 2.05) is 0 Å². The van der Waals surface area contributed by atoms with Gasteiger partial charge in [0.25, 0.3) is 0 Å². The second-order valence-corrected chi connectivity index (χ2v) is 8.64. The van der Waals surface area contributed by atoms with Gasteiger partial charge in [0.15, 0.2) is 17.4 Å². The van der Waals surface area contributed by atoms with Crippen molar-refractivity contribution in [2.45, 2.75) is 49.0 Å². The molecule has 0 spiro atoms. The van der Waals surface area contributed by atoms with Crippen molar-refractivity contribution in [1.82, 2.24) is 0 Å². The summed E-state index contributed by atoms with van der Waals surface area (Å²) in [7, 11) is 0. The minimum Gasteiger partial charge on any atom is -0.691 e. The molecule has 5 rings (SSSR count). The van der Waals surface area contributed by atoms with Gasteiger partial charge in [0.2, 0.25) is 11.6 Å². The highest BCUT2D eigenvalue weighted by molar-refractivity contribution is 7.94. The van der Waals surface area contributed by atoms with Crippen LogP contribution in [-0.2, 0) is 14.1 Å². The van der Waals surface area contributed by atoms with Gasteiger partial charge in [0, 0.05) is 0 Å². The summed E-state index contributed by atoms with van der Waals surface area (Å²) in [5, 5.41) is 12.7. The van der Waals surface area contributed by atoms with Crippen LogP contribution in [-0.4, -0.2) is 18.8 Å². The van der Waals surface area contributed by atoms with Crippen molar-refractivity contribution in [3.63, 3.8) is 0 Å². The standard InChI is InChI=1S/C18H20F4O5S/c19-12-14(21)17(28-27-26-23)15(22)13(20)16(12)24-1-2-25-18-6-9-3-10(7-18)5-11(4-9)8-18/h9-11,23H,1-8H2/p-1. The molecule has 0 N–H and O–H groups in total. The largest absolute Gasteiger partial charge is 0.691 e. The zero-order valence-corrected chi connectivity index (χ0v) is 15.7. The molecule has 0 aromatic heterocycles. The maximum Gasteiger partial charge on any atom is 0.205 e. The Morgan fingerprint density at radius 2 is 1.39 bits per heavy atom. The maximum absolute atomic E-state index is 14.0. The first kappa shape index (κ1) is 20.2. The van der Waals surface area contributed by atoms with Crippen LogP contribution < -0.4 is 9.99 Å². The van der Waals surface area contributed by atoms with Gasteiger partial charge in [-0.05, 0) is 56.3 Å². The Balaban J connectivity index is 1.38. The van der Waals surface area contributed by atoms with Crippen molar-refractivity contribution < 1.29 is 41.7 Å². The molecule has 1 aromatic rings. The lowest BCUT2D eigenvalue weighted by molar-refractivity contribution is -0.777. The number of benzene rings is 1. The van der Waals surface area contributed by atoms with Gasteiger partial charge in [-0.25, -0.2) is 8.78 Å². The van der Waals surface area contributed by atoms with Gasteiger partial charge in [-0.15, -0.1) is 0 Å². The van der Waals surface area contributed by atoms with E-state index in [0.717, 1.165) is 19.3 Å². The quantitative estimate of drug-likeness (QED) is 0.158. The molecule has 4 fully saturated rings. The number of hydrogen-bond acceptors (Lipinski definition) is 6. The minimum absolute atomic E-state index is 0.0674. The Labute approximate surface area is 163 Å². The first-order chi connectivity index (χ1) is 13.4. The highest BCUT2D eigenvalue weighted by Gasteiger charge is 2.51. The second kappa shape index (κ2) is 7.98. The van der Waals surface area contributed by atoms with Crippen LogP contribution in [0.25, 0.3) is 0 Å². The highest BCUT2D eigenvalue weighted by Crippen LogP contribution is 2.57. The lowest BCUT2D eigenvalue weighted by atomic mass is 9.54. The summed E-state index contributed by atoms with van der Waals surface area (Å²) >= 11 is -0.274. The molecule has 0 atom stereocenters. The first-order valence-electron chi connectivity index (χ1n) is 9.18. The molecule has 0 unspecified atom stereocenters. The highest BCUT2D eigenvalue weighted by atomic mass is 32.2. The van der Waals surface area contributed by atoms with Gasteiger partial charge >= 0.3 is 0 Å². The molecular formula is C18H19F4O5S-. The molecule has 0 saturated heterocycles. The molecule has 0 heterocycles. The molecule has 0 aliphatic heterocycles. The van der Waals surface area contributed by atoms with E-state index >= 15 is 0 Å². The number of rotatable bonds is 8. The van der Waals surface area contributed by atoms with Crippen molar-refractivity contribution in [3.8, 4) is 5.75 Å². The van der Waals surface area contributed by atoms with Crippen LogP contribution in [0, 0.1) is 41.0 Å². The molecule has 4 saturated carbocycles. The van der Waals surface area contributed by atoms with Crippen LogP contribution in [0.4, 0.5) is 17.6 Å². The zero-order valence-electron chi connectivity index (χ0n) is 14.9. The van der Waals surface area contributed by atoms with Gasteiger partial charge in [0.1, 0.15) is 11.5 Å². The summed E-state index contributed by atoms with van der Waals surface area (Å²) in [5.41, 5.74) is -0.206. The molecule has 156 valence electrons. The van der Waals surface area contributed by atoms with E-state index in [1.165, 1.54) is 19.3 Å². The fourth-order valence-electron chi connectivity index (χ4n) is 5.45. The Morgan fingerprint density at radius 1 is 0.857 bits per heavy atom. The van der Waals surface area contributed by atoms with Crippen LogP contribution in [0.15, 0.2) is 4.90 Å². The molecule has 0 amide bonds. The Morgan fingerprint density at radius 3 is 1.89 bits per heavy atom. The van der Waals surface area contributed by atoms with Gasteiger partial charge in [-0.3, -0.25) is 5.04 Å². The molecule has 28 heavy (non-hydrogen) atoms. The van der Waals surface area contributed by atoms with E-state index in [1.54, 1.807) is 0 Å². The van der Waals surface area contributed by atoms with Gasteiger partial charge in [-0.1, -0.05) is 0 Å². The van der Waals surface area contributed by atoms with E-state index < -0.39 is 33.9 Å². The zero-order chi connectivity index (χ0) is 19.9. The van der Waals surface area contributed by atoms with E-state index in [4.69, 9.17) is 9.47 Å². The van der Waals surface area contributed by atoms with Gasteiger partial charge in [0.05, 0.1) is 24.3 Å². The van der Waals surface area contributed by atoms with Crippen LogP contribution in [0.2, 0.25) is 0 Å². The molecule has 4 aliphatic rings. The van der Waals surface area contributed by atoms with E-state index in [9.17, 15) is 22.8 Å². The SMILES string of the molecule is [O-]OOSc1c(F)c(F)c(OCCOC23CC4CC(CC(C4)C2)C3)c(F)c1F. The van der Waals surface area contributed by atoms with Gasteiger partial charge < -0.3 is 14.7 Å². The normalized spacial score (nSPS) is 30.8. The van der Waals surface area contributed by atoms with Crippen molar-refractivity contribution in [3.05, 3.63) is 23.3 Å². The fourth-order valence-corrected chi connectivity index (χ4v) is 5.87. The predicted octanol–water partition coefficient (Wildman–Crippen LogP) is 3.84. The van der Waals surface area contributed by atoms with Crippen LogP contribution in [0.5, 0.6) is 5.75 Å². The molecule has 4 aliphatic carbocycles. The molecule has 0 radical (unpaired) electrons. The predicted molar refractivity (Wildman–Crippen MR) is 86.7 cm³/mol.